The molecule has 1 aliphatic carbocycles. The highest BCUT2D eigenvalue weighted by Gasteiger charge is 2.19. The Morgan fingerprint density at radius 3 is 2.43 bits per heavy atom. The molecule has 2 rings (SSSR count). The zero-order chi connectivity index (χ0) is 16.7. The molecule has 0 bridgehead atoms. The standard InChI is InChI=1S/C18H26N2O3/c1-3-23-18(22)14-9-11-15(12-10-14)19-17(21)13-20(2)16-7-5-4-6-8-16/h9-12,16H,3-8,13H2,1-2H3,(H,19,21). The maximum absolute atomic E-state index is 12.1. The van der Waals surface area contributed by atoms with E-state index >= 15 is 0 Å². The van der Waals surface area contributed by atoms with E-state index in [1.165, 1.54) is 32.1 Å². The zero-order valence-corrected chi connectivity index (χ0v) is 14.0. The van der Waals surface area contributed by atoms with E-state index in [4.69, 9.17) is 4.74 Å². The minimum Gasteiger partial charge on any atom is -0.462 e. The average Bonchev–Trinajstić information content (AvgIpc) is 2.56. The molecule has 1 N–H and O–H groups in total. The number of hydrogen-bond donors (Lipinski definition) is 1. The molecule has 1 saturated carbocycles. The molecule has 126 valence electrons. The Labute approximate surface area is 138 Å². The molecule has 0 heterocycles. The minimum atomic E-state index is -0.345. The second-order valence-electron chi connectivity index (χ2n) is 6.05. The molecule has 5 nitrogen and oxygen atoms in total. The van der Waals surface area contributed by atoms with Gasteiger partial charge in [-0.1, -0.05) is 19.3 Å². The van der Waals surface area contributed by atoms with E-state index in [-0.39, 0.29) is 11.9 Å². The summed E-state index contributed by atoms with van der Waals surface area (Å²) in [4.78, 5) is 25.9. The first kappa shape index (κ1) is 17.5. The fraction of sp³-hybridized carbons (Fsp3) is 0.556. The molecule has 0 aromatic heterocycles. The fourth-order valence-electron chi connectivity index (χ4n) is 2.98. The lowest BCUT2D eigenvalue weighted by Crippen LogP contribution is -2.39. The number of esters is 1. The van der Waals surface area contributed by atoms with E-state index in [2.05, 4.69) is 10.2 Å². The zero-order valence-electron chi connectivity index (χ0n) is 14.0. The van der Waals surface area contributed by atoms with Crippen molar-refractivity contribution in [1.29, 1.82) is 0 Å². The summed E-state index contributed by atoms with van der Waals surface area (Å²) >= 11 is 0. The monoisotopic (exact) mass is 318 g/mol. The van der Waals surface area contributed by atoms with Gasteiger partial charge in [0.1, 0.15) is 0 Å². The molecule has 0 atom stereocenters. The molecule has 1 fully saturated rings. The van der Waals surface area contributed by atoms with Gasteiger partial charge in [0.2, 0.25) is 5.91 Å². The van der Waals surface area contributed by atoms with E-state index in [9.17, 15) is 9.59 Å². The summed E-state index contributed by atoms with van der Waals surface area (Å²) in [7, 11) is 2.01. The Bertz CT molecular complexity index is 522. The molecule has 0 spiro atoms. The second-order valence-corrected chi connectivity index (χ2v) is 6.05. The first-order valence-electron chi connectivity index (χ1n) is 8.37. The number of nitrogens with zero attached hydrogens (tertiary/aromatic N) is 1. The van der Waals surface area contributed by atoms with Gasteiger partial charge in [0.15, 0.2) is 0 Å². The summed E-state index contributed by atoms with van der Waals surface area (Å²) in [5.74, 6) is -0.371. The lowest BCUT2D eigenvalue weighted by atomic mass is 9.94. The summed E-state index contributed by atoms with van der Waals surface area (Å²) in [5, 5.41) is 2.88. The van der Waals surface area contributed by atoms with Crippen molar-refractivity contribution < 1.29 is 14.3 Å². The largest absolute Gasteiger partial charge is 0.462 e. The Balaban J connectivity index is 1.83. The van der Waals surface area contributed by atoms with Gasteiger partial charge in [-0.2, -0.15) is 0 Å². The number of benzene rings is 1. The van der Waals surface area contributed by atoms with Crippen LogP contribution in [-0.4, -0.2) is 43.0 Å². The Morgan fingerprint density at radius 1 is 1.17 bits per heavy atom. The van der Waals surface area contributed by atoms with Crippen molar-refractivity contribution in [3.63, 3.8) is 0 Å². The first-order valence-corrected chi connectivity index (χ1v) is 8.37. The molecule has 1 aliphatic rings. The van der Waals surface area contributed by atoms with Crippen LogP contribution in [0.2, 0.25) is 0 Å². The number of likely N-dealkylation sites (N-methyl/N-ethyl adjacent to an activating group) is 1. The topological polar surface area (TPSA) is 58.6 Å². The Morgan fingerprint density at radius 2 is 1.83 bits per heavy atom. The van der Waals surface area contributed by atoms with Crippen LogP contribution >= 0.6 is 0 Å². The molecule has 0 unspecified atom stereocenters. The second kappa shape index (κ2) is 8.67. The highest BCUT2D eigenvalue weighted by molar-refractivity contribution is 5.94. The van der Waals surface area contributed by atoms with Gasteiger partial charge in [-0.05, 0) is 51.1 Å². The predicted octanol–water partition coefficient (Wildman–Crippen LogP) is 3.07. The average molecular weight is 318 g/mol. The highest BCUT2D eigenvalue weighted by atomic mass is 16.5. The van der Waals surface area contributed by atoms with Crippen LogP contribution in [0.3, 0.4) is 0 Å². The van der Waals surface area contributed by atoms with Gasteiger partial charge < -0.3 is 10.1 Å². The SMILES string of the molecule is CCOC(=O)c1ccc(NC(=O)CN(C)C2CCCCC2)cc1. The van der Waals surface area contributed by atoms with Crippen molar-refractivity contribution in [1.82, 2.24) is 4.90 Å². The predicted molar refractivity (Wildman–Crippen MR) is 90.5 cm³/mol. The lowest BCUT2D eigenvalue weighted by Gasteiger charge is -2.30. The van der Waals surface area contributed by atoms with Crippen molar-refractivity contribution >= 4 is 17.6 Å². The Hall–Kier alpha value is -1.88. The molecular weight excluding hydrogens is 292 g/mol. The molecule has 1 aromatic carbocycles. The summed E-state index contributed by atoms with van der Waals surface area (Å²) < 4.78 is 4.94. The molecule has 1 amide bonds. The third-order valence-electron chi connectivity index (χ3n) is 4.27. The number of ether oxygens (including phenoxy) is 1. The van der Waals surface area contributed by atoms with Crippen LogP contribution in [0, 0.1) is 0 Å². The summed E-state index contributed by atoms with van der Waals surface area (Å²) in [6.45, 7) is 2.52. The summed E-state index contributed by atoms with van der Waals surface area (Å²) in [6.07, 6.45) is 6.18. The molecule has 23 heavy (non-hydrogen) atoms. The van der Waals surface area contributed by atoms with Gasteiger partial charge in [0.25, 0.3) is 0 Å². The van der Waals surface area contributed by atoms with Crippen molar-refractivity contribution in [3.05, 3.63) is 29.8 Å². The van der Waals surface area contributed by atoms with E-state index in [1.807, 2.05) is 7.05 Å². The number of anilines is 1. The van der Waals surface area contributed by atoms with E-state index in [0.29, 0.717) is 30.4 Å². The van der Waals surface area contributed by atoms with Crippen molar-refractivity contribution in [2.75, 3.05) is 25.5 Å². The van der Waals surface area contributed by atoms with Crippen LogP contribution in [-0.2, 0) is 9.53 Å². The maximum Gasteiger partial charge on any atom is 0.338 e. The third-order valence-corrected chi connectivity index (χ3v) is 4.27. The summed E-state index contributed by atoms with van der Waals surface area (Å²) in [5.41, 5.74) is 1.18. The number of hydrogen-bond acceptors (Lipinski definition) is 4. The summed E-state index contributed by atoms with van der Waals surface area (Å²) in [6, 6.07) is 7.30. The normalized spacial score (nSPS) is 15.4. The van der Waals surface area contributed by atoms with Gasteiger partial charge in [-0.3, -0.25) is 9.69 Å². The van der Waals surface area contributed by atoms with Gasteiger partial charge in [-0.15, -0.1) is 0 Å². The fourth-order valence-corrected chi connectivity index (χ4v) is 2.98. The van der Waals surface area contributed by atoms with Gasteiger partial charge in [0.05, 0.1) is 18.7 Å². The van der Waals surface area contributed by atoms with Gasteiger partial charge in [0, 0.05) is 11.7 Å². The van der Waals surface area contributed by atoms with Crippen LogP contribution < -0.4 is 5.32 Å². The van der Waals surface area contributed by atoms with E-state index in [1.54, 1.807) is 31.2 Å². The van der Waals surface area contributed by atoms with Crippen LogP contribution in [0.5, 0.6) is 0 Å². The smallest absolute Gasteiger partial charge is 0.338 e. The molecule has 0 saturated heterocycles. The number of amides is 1. The van der Waals surface area contributed by atoms with Crippen molar-refractivity contribution in [2.24, 2.45) is 0 Å². The number of rotatable bonds is 6. The molecule has 0 radical (unpaired) electrons. The van der Waals surface area contributed by atoms with Crippen LogP contribution in [0.15, 0.2) is 24.3 Å². The van der Waals surface area contributed by atoms with E-state index < -0.39 is 0 Å². The first-order chi connectivity index (χ1) is 11.1. The number of carbonyl (C=O) groups is 2. The molecule has 0 aliphatic heterocycles. The van der Waals surface area contributed by atoms with Crippen molar-refractivity contribution in [2.45, 2.75) is 45.1 Å². The quantitative estimate of drug-likeness (QED) is 0.819. The van der Waals surface area contributed by atoms with Gasteiger partial charge in [-0.25, -0.2) is 4.79 Å². The van der Waals surface area contributed by atoms with Crippen LogP contribution in [0.4, 0.5) is 5.69 Å². The van der Waals surface area contributed by atoms with Crippen molar-refractivity contribution in [3.8, 4) is 0 Å². The third kappa shape index (κ3) is 5.36. The maximum atomic E-state index is 12.1. The number of carbonyl (C=O) groups excluding carboxylic acids is 2. The van der Waals surface area contributed by atoms with Crippen LogP contribution in [0.25, 0.3) is 0 Å². The Kier molecular flexibility index (Phi) is 6.59. The molecular formula is C18H26N2O3. The molecule has 1 aromatic rings. The lowest BCUT2D eigenvalue weighted by molar-refractivity contribution is -0.117. The van der Waals surface area contributed by atoms with Crippen LogP contribution in [0.1, 0.15) is 49.4 Å². The van der Waals surface area contributed by atoms with E-state index in [0.717, 1.165) is 0 Å². The highest BCUT2D eigenvalue weighted by Crippen LogP contribution is 2.21. The van der Waals surface area contributed by atoms with Gasteiger partial charge >= 0.3 is 5.97 Å². The minimum absolute atomic E-state index is 0.0260. The molecule has 5 heteroatoms. The number of nitrogens with one attached hydrogen (secondary N) is 1.